The Bertz CT molecular complexity index is 718. The number of fused-ring (bicyclic) bond motifs is 3. The van der Waals surface area contributed by atoms with E-state index in [4.69, 9.17) is 4.42 Å². The van der Waals surface area contributed by atoms with Gasteiger partial charge in [-0.2, -0.15) is 0 Å². The number of oxazole rings is 1. The summed E-state index contributed by atoms with van der Waals surface area (Å²) >= 11 is 0. The Labute approximate surface area is 148 Å². The summed E-state index contributed by atoms with van der Waals surface area (Å²) in [7, 11) is 0. The fraction of sp³-hybridized carbons (Fsp3) is 0.556. The molecule has 2 aromatic rings. The van der Waals surface area contributed by atoms with E-state index in [0.29, 0.717) is 24.4 Å². The van der Waals surface area contributed by atoms with E-state index in [2.05, 4.69) is 15.6 Å². The number of nitrogens with one attached hydrogen (secondary N) is 2. The minimum absolute atomic E-state index is 0. The third-order valence-corrected chi connectivity index (χ3v) is 5.06. The van der Waals surface area contributed by atoms with Gasteiger partial charge in [-0.1, -0.05) is 6.92 Å². The lowest BCUT2D eigenvalue weighted by Gasteiger charge is -2.28. The van der Waals surface area contributed by atoms with Crippen LogP contribution in [0.5, 0.6) is 0 Å². The molecule has 1 amide bonds. The van der Waals surface area contributed by atoms with Crippen LogP contribution in [-0.4, -0.2) is 23.0 Å². The SMILES string of the molecule is CCc1nc2cc(NC(=O)CC3CC4CCC(C3)N4)ccc2o1.Cl. The molecule has 4 rings (SSSR count). The first-order chi connectivity index (χ1) is 11.2. The molecule has 24 heavy (non-hydrogen) atoms. The second-order valence-electron chi connectivity index (χ2n) is 6.87. The van der Waals surface area contributed by atoms with Gasteiger partial charge in [0.15, 0.2) is 11.5 Å². The summed E-state index contributed by atoms with van der Waals surface area (Å²) < 4.78 is 5.60. The fourth-order valence-corrected chi connectivity index (χ4v) is 4.02. The molecule has 0 saturated carbocycles. The Morgan fingerprint density at radius 1 is 1.33 bits per heavy atom. The van der Waals surface area contributed by atoms with Crippen LogP contribution in [0.25, 0.3) is 11.1 Å². The van der Waals surface area contributed by atoms with E-state index < -0.39 is 0 Å². The van der Waals surface area contributed by atoms with Crippen molar-refractivity contribution in [3.05, 3.63) is 24.1 Å². The fourth-order valence-electron chi connectivity index (χ4n) is 4.02. The van der Waals surface area contributed by atoms with Gasteiger partial charge in [0.1, 0.15) is 5.52 Å². The third-order valence-electron chi connectivity index (χ3n) is 5.06. The van der Waals surface area contributed by atoms with Crippen LogP contribution in [0, 0.1) is 5.92 Å². The molecule has 3 heterocycles. The summed E-state index contributed by atoms with van der Waals surface area (Å²) in [6.07, 6.45) is 6.19. The van der Waals surface area contributed by atoms with Gasteiger partial charge in [-0.15, -0.1) is 12.4 Å². The second kappa shape index (κ2) is 7.11. The molecule has 130 valence electrons. The zero-order valence-corrected chi connectivity index (χ0v) is 14.7. The molecule has 2 atom stereocenters. The molecular formula is C18H24ClN3O2. The molecular weight excluding hydrogens is 326 g/mol. The lowest BCUT2D eigenvalue weighted by Crippen LogP contribution is -2.39. The third kappa shape index (κ3) is 3.57. The number of nitrogens with zero attached hydrogens (tertiary/aromatic N) is 1. The van der Waals surface area contributed by atoms with Gasteiger partial charge in [0.25, 0.3) is 0 Å². The molecule has 2 saturated heterocycles. The monoisotopic (exact) mass is 349 g/mol. The predicted octanol–water partition coefficient (Wildman–Crippen LogP) is 3.67. The van der Waals surface area contributed by atoms with Crippen molar-refractivity contribution in [3.8, 4) is 0 Å². The molecule has 2 fully saturated rings. The molecule has 2 unspecified atom stereocenters. The van der Waals surface area contributed by atoms with Gasteiger partial charge < -0.3 is 15.1 Å². The number of piperidine rings is 1. The Morgan fingerprint density at radius 3 is 2.79 bits per heavy atom. The normalized spacial score (nSPS) is 25.5. The van der Waals surface area contributed by atoms with Gasteiger partial charge in [-0.3, -0.25) is 4.79 Å². The van der Waals surface area contributed by atoms with E-state index in [0.717, 1.165) is 41.9 Å². The number of hydrogen-bond donors (Lipinski definition) is 2. The van der Waals surface area contributed by atoms with E-state index in [9.17, 15) is 4.79 Å². The van der Waals surface area contributed by atoms with E-state index in [1.165, 1.54) is 12.8 Å². The number of anilines is 1. The molecule has 0 aliphatic carbocycles. The van der Waals surface area contributed by atoms with Crippen LogP contribution in [0.1, 0.15) is 44.9 Å². The number of carbonyl (C=O) groups excluding carboxylic acids is 1. The number of halogens is 1. The highest BCUT2D eigenvalue weighted by Crippen LogP contribution is 2.33. The van der Waals surface area contributed by atoms with Gasteiger partial charge in [0.05, 0.1) is 0 Å². The van der Waals surface area contributed by atoms with Crippen molar-refractivity contribution in [2.24, 2.45) is 5.92 Å². The number of hydrogen-bond acceptors (Lipinski definition) is 4. The predicted molar refractivity (Wildman–Crippen MR) is 96.6 cm³/mol. The number of aromatic nitrogens is 1. The number of carbonyl (C=O) groups is 1. The van der Waals surface area contributed by atoms with Crippen molar-refractivity contribution in [2.75, 3.05) is 5.32 Å². The van der Waals surface area contributed by atoms with Crippen molar-refractivity contribution in [2.45, 2.75) is 57.5 Å². The molecule has 5 nitrogen and oxygen atoms in total. The minimum Gasteiger partial charge on any atom is -0.441 e. The van der Waals surface area contributed by atoms with Crippen molar-refractivity contribution < 1.29 is 9.21 Å². The van der Waals surface area contributed by atoms with Crippen LogP contribution in [0.4, 0.5) is 5.69 Å². The smallest absolute Gasteiger partial charge is 0.224 e. The average molecular weight is 350 g/mol. The molecule has 0 radical (unpaired) electrons. The van der Waals surface area contributed by atoms with Gasteiger partial charge in [-0.25, -0.2) is 4.98 Å². The molecule has 2 N–H and O–H groups in total. The Morgan fingerprint density at radius 2 is 2.08 bits per heavy atom. The van der Waals surface area contributed by atoms with Crippen molar-refractivity contribution in [1.29, 1.82) is 0 Å². The highest BCUT2D eigenvalue weighted by molar-refractivity contribution is 5.92. The quantitative estimate of drug-likeness (QED) is 0.883. The van der Waals surface area contributed by atoms with E-state index in [1.807, 2.05) is 25.1 Å². The van der Waals surface area contributed by atoms with Gasteiger partial charge in [0.2, 0.25) is 5.91 Å². The maximum atomic E-state index is 12.3. The summed E-state index contributed by atoms with van der Waals surface area (Å²) in [6, 6.07) is 6.91. The van der Waals surface area contributed by atoms with Gasteiger partial charge in [0, 0.05) is 30.6 Å². The van der Waals surface area contributed by atoms with Crippen LogP contribution >= 0.6 is 12.4 Å². The molecule has 1 aromatic heterocycles. The molecule has 2 bridgehead atoms. The van der Waals surface area contributed by atoms with E-state index in [-0.39, 0.29) is 18.3 Å². The van der Waals surface area contributed by atoms with E-state index in [1.54, 1.807) is 0 Å². The standard InChI is InChI=1S/C18H23N3O2.ClH/c1-2-18-21-15-10-14(5-6-16(15)23-18)20-17(22)9-11-7-12-3-4-13(8-11)19-12;/h5-6,10-13,19H,2-4,7-9H2,1H3,(H,20,22);1H. The average Bonchev–Trinajstić information content (AvgIpc) is 3.09. The van der Waals surface area contributed by atoms with Crippen molar-refractivity contribution in [1.82, 2.24) is 10.3 Å². The number of aryl methyl sites for hydroxylation is 1. The van der Waals surface area contributed by atoms with Crippen LogP contribution in [0.2, 0.25) is 0 Å². The summed E-state index contributed by atoms with van der Waals surface area (Å²) in [5.41, 5.74) is 2.38. The van der Waals surface area contributed by atoms with Gasteiger partial charge in [-0.05, 0) is 49.8 Å². The Balaban J connectivity index is 0.00000169. The largest absolute Gasteiger partial charge is 0.441 e. The van der Waals surface area contributed by atoms with Crippen molar-refractivity contribution in [3.63, 3.8) is 0 Å². The van der Waals surface area contributed by atoms with Crippen LogP contribution < -0.4 is 10.6 Å². The van der Waals surface area contributed by atoms with Crippen LogP contribution in [0.15, 0.2) is 22.6 Å². The van der Waals surface area contributed by atoms with Gasteiger partial charge >= 0.3 is 0 Å². The summed E-state index contributed by atoms with van der Waals surface area (Å²) in [4.78, 5) is 16.8. The number of amides is 1. The highest BCUT2D eigenvalue weighted by atomic mass is 35.5. The summed E-state index contributed by atoms with van der Waals surface area (Å²) in [6.45, 7) is 2.01. The van der Waals surface area contributed by atoms with Crippen molar-refractivity contribution >= 4 is 35.1 Å². The maximum absolute atomic E-state index is 12.3. The highest BCUT2D eigenvalue weighted by Gasteiger charge is 2.34. The van der Waals surface area contributed by atoms with Crippen LogP contribution in [-0.2, 0) is 11.2 Å². The molecule has 1 aromatic carbocycles. The first-order valence-electron chi connectivity index (χ1n) is 8.65. The first kappa shape index (κ1) is 17.2. The number of benzene rings is 1. The molecule has 2 aliphatic rings. The molecule has 2 aliphatic heterocycles. The van der Waals surface area contributed by atoms with E-state index >= 15 is 0 Å². The lowest BCUT2D eigenvalue weighted by molar-refractivity contribution is -0.117. The van der Waals surface area contributed by atoms with Crippen LogP contribution in [0.3, 0.4) is 0 Å². The summed E-state index contributed by atoms with van der Waals surface area (Å²) in [5.74, 6) is 1.35. The Hall–Kier alpha value is -1.59. The first-order valence-corrected chi connectivity index (χ1v) is 8.65. The summed E-state index contributed by atoms with van der Waals surface area (Å²) in [5, 5.41) is 6.64. The zero-order valence-electron chi connectivity index (χ0n) is 13.9. The molecule has 6 heteroatoms. The zero-order chi connectivity index (χ0) is 15.8. The maximum Gasteiger partial charge on any atom is 0.224 e. The second-order valence-corrected chi connectivity index (χ2v) is 6.87. The Kier molecular flexibility index (Phi) is 5.11. The minimum atomic E-state index is 0. The number of rotatable bonds is 4. The molecule has 0 spiro atoms. The lowest BCUT2D eigenvalue weighted by atomic mass is 9.89. The topological polar surface area (TPSA) is 67.2 Å².